The van der Waals surface area contributed by atoms with Crippen molar-refractivity contribution in [1.82, 2.24) is 9.88 Å². The highest BCUT2D eigenvalue weighted by molar-refractivity contribution is 6.29. The van der Waals surface area contributed by atoms with E-state index in [1.165, 1.54) is 0 Å². The van der Waals surface area contributed by atoms with Gasteiger partial charge in [-0.15, -0.1) is 0 Å². The fraction of sp³-hybridized carbons (Fsp3) is 0.400. The maximum Gasteiger partial charge on any atom is 0.272 e. The highest BCUT2D eigenvalue weighted by atomic mass is 35.5. The van der Waals surface area contributed by atoms with E-state index in [1.807, 2.05) is 0 Å². The molecule has 0 bridgehead atoms. The molecule has 1 aromatic heterocycles. The second-order valence-corrected chi connectivity index (χ2v) is 3.93. The first-order valence-electron chi connectivity index (χ1n) is 4.77. The van der Waals surface area contributed by atoms with Crippen LogP contribution in [0.4, 0.5) is 0 Å². The third-order valence-corrected chi connectivity index (χ3v) is 2.60. The lowest BCUT2D eigenvalue weighted by atomic mass is 10.3. The minimum Gasteiger partial charge on any atom is -0.391 e. The Hall–Kier alpha value is -1.13. The molecule has 5 heteroatoms. The zero-order valence-electron chi connectivity index (χ0n) is 8.06. The molecule has 1 saturated heterocycles. The van der Waals surface area contributed by atoms with E-state index in [9.17, 15) is 9.90 Å². The van der Waals surface area contributed by atoms with Crippen molar-refractivity contribution in [3.63, 3.8) is 0 Å². The number of amides is 1. The standard InChI is InChI=1S/C10H11ClN2O2/c11-9-3-1-2-8(12-9)10(15)13-5-4-7(14)6-13/h1-3,7,14H,4-6H2/t7-/m1/s1. The first-order chi connectivity index (χ1) is 7.16. The molecule has 2 heterocycles. The summed E-state index contributed by atoms with van der Waals surface area (Å²) in [4.78, 5) is 17.4. The summed E-state index contributed by atoms with van der Waals surface area (Å²) in [5, 5.41) is 9.62. The second kappa shape index (κ2) is 4.16. The normalized spacial score (nSPS) is 20.7. The van der Waals surface area contributed by atoms with E-state index < -0.39 is 6.10 Å². The van der Waals surface area contributed by atoms with Gasteiger partial charge in [0.1, 0.15) is 10.8 Å². The SMILES string of the molecule is O=C(c1cccc(Cl)n1)N1CC[C@@H](O)C1. The minimum absolute atomic E-state index is 0.172. The molecule has 15 heavy (non-hydrogen) atoms. The van der Waals surface area contributed by atoms with E-state index in [0.29, 0.717) is 30.4 Å². The fourth-order valence-electron chi connectivity index (χ4n) is 1.62. The average Bonchev–Trinajstić information content (AvgIpc) is 2.64. The largest absolute Gasteiger partial charge is 0.391 e. The van der Waals surface area contributed by atoms with Gasteiger partial charge in [-0.2, -0.15) is 0 Å². The van der Waals surface area contributed by atoms with Crippen LogP contribution >= 0.6 is 11.6 Å². The van der Waals surface area contributed by atoms with Crippen LogP contribution in [-0.2, 0) is 0 Å². The molecule has 80 valence electrons. The van der Waals surface area contributed by atoms with E-state index in [1.54, 1.807) is 23.1 Å². The summed E-state index contributed by atoms with van der Waals surface area (Å²) in [6.07, 6.45) is 0.222. The third kappa shape index (κ3) is 2.27. The highest BCUT2D eigenvalue weighted by Crippen LogP contribution is 2.13. The van der Waals surface area contributed by atoms with Crippen molar-refractivity contribution in [2.75, 3.05) is 13.1 Å². The minimum atomic E-state index is -0.409. The zero-order chi connectivity index (χ0) is 10.8. The van der Waals surface area contributed by atoms with E-state index in [4.69, 9.17) is 11.6 Å². The number of aliphatic hydroxyl groups excluding tert-OH is 1. The number of rotatable bonds is 1. The summed E-state index contributed by atoms with van der Waals surface area (Å²) >= 11 is 5.69. The van der Waals surface area contributed by atoms with Gasteiger partial charge < -0.3 is 10.0 Å². The lowest BCUT2D eigenvalue weighted by Crippen LogP contribution is -2.30. The summed E-state index contributed by atoms with van der Waals surface area (Å²) < 4.78 is 0. The van der Waals surface area contributed by atoms with Gasteiger partial charge in [0, 0.05) is 13.1 Å². The van der Waals surface area contributed by atoms with Crippen LogP contribution in [0.25, 0.3) is 0 Å². The molecule has 2 rings (SSSR count). The van der Waals surface area contributed by atoms with Gasteiger partial charge in [0.25, 0.3) is 5.91 Å². The van der Waals surface area contributed by atoms with Gasteiger partial charge in [0.15, 0.2) is 0 Å². The molecule has 1 atom stereocenters. The first kappa shape index (κ1) is 10.4. The number of β-amino-alcohol motifs (C(OH)–C–C–N with tert-alkyl or cyclic N) is 1. The number of aromatic nitrogens is 1. The van der Waals surface area contributed by atoms with Crippen LogP contribution < -0.4 is 0 Å². The summed E-state index contributed by atoms with van der Waals surface area (Å²) in [5.74, 6) is -0.172. The Balaban J connectivity index is 2.14. The van der Waals surface area contributed by atoms with Gasteiger partial charge in [-0.25, -0.2) is 4.98 Å². The maximum absolute atomic E-state index is 11.8. The molecule has 0 aromatic carbocycles. The molecule has 0 aliphatic carbocycles. The summed E-state index contributed by atoms with van der Waals surface area (Å²) in [6.45, 7) is 0.960. The number of likely N-dealkylation sites (tertiary alicyclic amines) is 1. The van der Waals surface area contributed by atoms with Crippen LogP contribution in [0.1, 0.15) is 16.9 Å². The van der Waals surface area contributed by atoms with Crippen molar-refractivity contribution in [3.05, 3.63) is 29.0 Å². The van der Waals surface area contributed by atoms with E-state index in [0.717, 1.165) is 0 Å². The van der Waals surface area contributed by atoms with Crippen molar-refractivity contribution in [3.8, 4) is 0 Å². The Morgan fingerprint density at radius 3 is 3.00 bits per heavy atom. The van der Waals surface area contributed by atoms with Crippen LogP contribution in [0.15, 0.2) is 18.2 Å². The van der Waals surface area contributed by atoms with Crippen molar-refractivity contribution < 1.29 is 9.90 Å². The highest BCUT2D eigenvalue weighted by Gasteiger charge is 2.25. The molecule has 1 N–H and O–H groups in total. The van der Waals surface area contributed by atoms with Crippen molar-refractivity contribution >= 4 is 17.5 Å². The van der Waals surface area contributed by atoms with Crippen molar-refractivity contribution in [2.45, 2.75) is 12.5 Å². The number of hydrogen-bond donors (Lipinski definition) is 1. The fourth-order valence-corrected chi connectivity index (χ4v) is 1.78. The van der Waals surface area contributed by atoms with Crippen LogP contribution in [0.3, 0.4) is 0 Å². The number of carbonyl (C=O) groups is 1. The second-order valence-electron chi connectivity index (χ2n) is 3.54. The monoisotopic (exact) mass is 226 g/mol. The molecule has 0 saturated carbocycles. The zero-order valence-corrected chi connectivity index (χ0v) is 8.81. The van der Waals surface area contributed by atoms with Gasteiger partial charge in [-0.05, 0) is 18.6 Å². The van der Waals surface area contributed by atoms with Gasteiger partial charge in [-0.3, -0.25) is 4.79 Å². The van der Waals surface area contributed by atoms with Crippen LogP contribution in [0.2, 0.25) is 5.15 Å². The molecule has 0 unspecified atom stereocenters. The molecule has 1 fully saturated rings. The molecule has 1 amide bonds. The van der Waals surface area contributed by atoms with Crippen molar-refractivity contribution in [1.29, 1.82) is 0 Å². The molecular formula is C10H11ClN2O2. The summed E-state index contributed by atoms with van der Waals surface area (Å²) in [5.41, 5.74) is 0.330. The van der Waals surface area contributed by atoms with Crippen molar-refractivity contribution in [2.24, 2.45) is 0 Å². The first-order valence-corrected chi connectivity index (χ1v) is 5.14. The van der Waals surface area contributed by atoms with Crippen LogP contribution in [-0.4, -0.2) is 40.1 Å². The molecule has 4 nitrogen and oxygen atoms in total. The number of hydrogen-bond acceptors (Lipinski definition) is 3. The maximum atomic E-state index is 11.8. The van der Waals surface area contributed by atoms with Gasteiger partial charge in [0.2, 0.25) is 0 Å². The number of nitrogens with zero attached hydrogens (tertiary/aromatic N) is 2. The molecule has 0 radical (unpaired) electrons. The van der Waals surface area contributed by atoms with Crippen LogP contribution in [0, 0.1) is 0 Å². The van der Waals surface area contributed by atoms with Crippen LogP contribution in [0.5, 0.6) is 0 Å². The lowest BCUT2D eigenvalue weighted by Gasteiger charge is -2.14. The Morgan fingerprint density at radius 1 is 1.60 bits per heavy atom. The number of halogens is 1. The number of pyridine rings is 1. The van der Waals surface area contributed by atoms with Gasteiger partial charge in [-0.1, -0.05) is 17.7 Å². The average molecular weight is 227 g/mol. The smallest absolute Gasteiger partial charge is 0.272 e. The molecule has 0 spiro atoms. The van der Waals surface area contributed by atoms with Gasteiger partial charge in [0.05, 0.1) is 6.10 Å². The lowest BCUT2D eigenvalue weighted by molar-refractivity contribution is 0.0759. The van der Waals surface area contributed by atoms with E-state index in [-0.39, 0.29) is 5.91 Å². The third-order valence-electron chi connectivity index (χ3n) is 2.38. The summed E-state index contributed by atoms with van der Waals surface area (Å²) in [7, 11) is 0. The predicted octanol–water partition coefficient (Wildman–Crippen LogP) is 0.942. The van der Waals surface area contributed by atoms with E-state index >= 15 is 0 Å². The number of aliphatic hydroxyl groups is 1. The molecule has 1 aliphatic rings. The van der Waals surface area contributed by atoms with E-state index in [2.05, 4.69) is 4.98 Å². The Labute approximate surface area is 92.5 Å². The molecular weight excluding hydrogens is 216 g/mol. The number of carbonyl (C=O) groups excluding carboxylic acids is 1. The predicted molar refractivity (Wildman–Crippen MR) is 55.8 cm³/mol. The summed E-state index contributed by atoms with van der Waals surface area (Å²) in [6, 6.07) is 4.94. The molecule has 1 aliphatic heterocycles. The Bertz CT molecular complexity index is 383. The molecule has 1 aromatic rings. The Kier molecular flexibility index (Phi) is 2.88. The Morgan fingerprint density at radius 2 is 2.40 bits per heavy atom. The quantitative estimate of drug-likeness (QED) is 0.726. The van der Waals surface area contributed by atoms with Gasteiger partial charge >= 0.3 is 0 Å². The topological polar surface area (TPSA) is 53.4 Å².